The fourth-order valence-corrected chi connectivity index (χ4v) is 6.24. The summed E-state index contributed by atoms with van der Waals surface area (Å²) in [6.07, 6.45) is 3.78. The number of anilines is 1. The minimum atomic E-state index is -0.0862. The third-order valence-corrected chi connectivity index (χ3v) is 8.42. The van der Waals surface area contributed by atoms with Crippen molar-refractivity contribution in [1.82, 2.24) is 19.9 Å². The molecule has 0 radical (unpaired) electrons. The Labute approximate surface area is 230 Å². The quantitative estimate of drug-likeness (QED) is 0.274. The van der Waals surface area contributed by atoms with Crippen molar-refractivity contribution in [2.45, 2.75) is 31.7 Å². The van der Waals surface area contributed by atoms with Gasteiger partial charge in [-0.3, -0.25) is 19.4 Å². The number of carbonyl (C=O) groups is 2. The van der Waals surface area contributed by atoms with Gasteiger partial charge in [0, 0.05) is 44.2 Å². The number of hydrogen-bond acceptors (Lipinski definition) is 8. The first-order valence-electron chi connectivity index (χ1n) is 12.8. The molecule has 2 amide bonds. The summed E-state index contributed by atoms with van der Waals surface area (Å²) in [6, 6.07) is 15.4. The molecule has 4 aromatic rings. The van der Waals surface area contributed by atoms with Gasteiger partial charge < -0.3 is 9.42 Å². The number of amides is 2. The standard InChI is InChI=1S/C28H31N5O3S2/c1-31(2)26(34)23-12-6-7-14-32(23)15-9-16-33(27(35)25-13-8-17-37-25)28-29-22(19-38-28)24-18-21(30-36-24)20-10-4-3-5-11-20/h3-5,8,10-11,13,17-19,23H,6-7,9,12,14-16H2,1-2H3/t23-/m0/s1. The van der Waals surface area contributed by atoms with Crippen LogP contribution < -0.4 is 4.90 Å². The van der Waals surface area contributed by atoms with Crippen molar-refractivity contribution < 1.29 is 14.1 Å². The van der Waals surface area contributed by atoms with E-state index in [4.69, 9.17) is 9.51 Å². The van der Waals surface area contributed by atoms with Gasteiger partial charge in [-0.15, -0.1) is 22.7 Å². The summed E-state index contributed by atoms with van der Waals surface area (Å²) >= 11 is 2.84. The largest absolute Gasteiger partial charge is 0.354 e. The van der Waals surface area contributed by atoms with Gasteiger partial charge in [0.1, 0.15) is 11.4 Å². The number of likely N-dealkylation sites (tertiary alicyclic amines) is 1. The number of likely N-dealkylation sites (N-methyl/N-ethyl adjacent to an activating group) is 1. The molecule has 0 saturated carbocycles. The highest BCUT2D eigenvalue weighted by molar-refractivity contribution is 7.14. The normalized spacial score (nSPS) is 15.9. The zero-order valence-electron chi connectivity index (χ0n) is 21.6. The summed E-state index contributed by atoms with van der Waals surface area (Å²) in [5, 5.41) is 8.63. The molecule has 1 saturated heterocycles. The molecule has 8 nitrogen and oxygen atoms in total. The Bertz CT molecular complexity index is 1350. The molecule has 0 unspecified atom stereocenters. The van der Waals surface area contributed by atoms with Crippen LogP contribution in [0.3, 0.4) is 0 Å². The maximum absolute atomic E-state index is 13.5. The van der Waals surface area contributed by atoms with Gasteiger partial charge in [0.05, 0.1) is 10.9 Å². The van der Waals surface area contributed by atoms with Gasteiger partial charge >= 0.3 is 0 Å². The molecule has 38 heavy (non-hydrogen) atoms. The van der Waals surface area contributed by atoms with Crippen molar-refractivity contribution >= 4 is 39.6 Å². The van der Waals surface area contributed by atoms with Crippen LogP contribution in [-0.4, -0.2) is 71.5 Å². The second-order valence-electron chi connectivity index (χ2n) is 9.53. The van der Waals surface area contributed by atoms with E-state index in [-0.39, 0.29) is 17.9 Å². The first-order chi connectivity index (χ1) is 18.5. The van der Waals surface area contributed by atoms with Crippen LogP contribution in [-0.2, 0) is 4.79 Å². The van der Waals surface area contributed by atoms with Gasteiger partial charge in [-0.25, -0.2) is 4.98 Å². The Hall–Kier alpha value is -3.34. The fourth-order valence-electron chi connectivity index (χ4n) is 4.73. The number of piperidine rings is 1. The Kier molecular flexibility index (Phi) is 8.31. The van der Waals surface area contributed by atoms with Gasteiger partial charge in [-0.1, -0.05) is 48.0 Å². The number of carbonyl (C=O) groups excluding carboxylic acids is 2. The zero-order chi connectivity index (χ0) is 26.5. The molecule has 1 aliphatic heterocycles. The maximum atomic E-state index is 13.5. The summed E-state index contributed by atoms with van der Waals surface area (Å²) in [5.74, 6) is 0.652. The molecule has 0 aliphatic carbocycles. The fraction of sp³-hybridized carbons (Fsp3) is 0.357. The second kappa shape index (κ2) is 12.0. The van der Waals surface area contributed by atoms with Gasteiger partial charge in [0.15, 0.2) is 10.9 Å². The van der Waals surface area contributed by atoms with Crippen LogP contribution in [0, 0.1) is 0 Å². The molecule has 1 aromatic carbocycles. The molecule has 3 aromatic heterocycles. The summed E-state index contributed by atoms with van der Waals surface area (Å²) in [6.45, 7) is 2.16. The topological polar surface area (TPSA) is 82.8 Å². The number of thiophene rings is 1. The average molecular weight is 550 g/mol. The van der Waals surface area contributed by atoms with Crippen LogP contribution in [0.2, 0.25) is 0 Å². The van der Waals surface area contributed by atoms with Crippen molar-refractivity contribution in [2.24, 2.45) is 0 Å². The van der Waals surface area contributed by atoms with Crippen LogP contribution >= 0.6 is 22.7 Å². The van der Waals surface area contributed by atoms with Crippen molar-refractivity contribution in [1.29, 1.82) is 0 Å². The molecule has 198 valence electrons. The number of aromatic nitrogens is 2. The van der Waals surface area contributed by atoms with Crippen molar-refractivity contribution in [2.75, 3.05) is 38.6 Å². The Morgan fingerprint density at radius 3 is 2.68 bits per heavy atom. The first-order valence-corrected chi connectivity index (χ1v) is 14.6. The Morgan fingerprint density at radius 1 is 1.08 bits per heavy atom. The predicted octanol–water partition coefficient (Wildman–Crippen LogP) is 5.51. The van der Waals surface area contributed by atoms with Crippen LogP contribution in [0.1, 0.15) is 35.4 Å². The molecule has 0 bridgehead atoms. The van der Waals surface area contributed by atoms with Crippen molar-refractivity contribution in [3.63, 3.8) is 0 Å². The molecule has 1 aliphatic rings. The SMILES string of the molecule is CN(C)C(=O)[C@@H]1CCCCN1CCCN(C(=O)c1cccs1)c1nc(-c2cc(-c3ccccc3)no2)cs1. The molecular weight excluding hydrogens is 518 g/mol. The maximum Gasteiger partial charge on any atom is 0.270 e. The van der Waals surface area contributed by atoms with E-state index in [1.165, 1.54) is 22.7 Å². The van der Waals surface area contributed by atoms with Crippen LogP contribution in [0.5, 0.6) is 0 Å². The van der Waals surface area contributed by atoms with Gasteiger partial charge in [-0.05, 0) is 37.3 Å². The second-order valence-corrected chi connectivity index (χ2v) is 11.3. The third kappa shape index (κ3) is 5.87. The molecule has 10 heteroatoms. The summed E-state index contributed by atoms with van der Waals surface area (Å²) in [5.41, 5.74) is 2.36. The highest BCUT2D eigenvalue weighted by Gasteiger charge is 2.30. The van der Waals surface area contributed by atoms with Gasteiger partial charge in [0.2, 0.25) is 5.91 Å². The lowest BCUT2D eigenvalue weighted by Crippen LogP contribution is -2.49. The molecule has 1 atom stereocenters. The minimum Gasteiger partial charge on any atom is -0.354 e. The smallest absolute Gasteiger partial charge is 0.270 e. The molecule has 4 heterocycles. The highest BCUT2D eigenvalue weighted by atomic mass is 32.1. The number of thiazole rings is 1. The summed E-state index contributed by atoms with van der Waals surface area (Å²) in [7, 11) is 3.63. The molecular formula is C28H31N5O3S2. The van der Waals surface area contributed by atoms with Crippen molar-refractivity contribution in [3.8, 4) is 22.7 Å². The number of hydrogen-bond donors (Lipinski definition) is 0. The van der Waals surface area contributed by atoms with E-state index >= 15 is 0 Å². The van der Waals surface area contributed by atoms with E-state index < -0.39 is 0 Å². The molecule has 5 rings (SSSR count). The Balaban J connectivity index is 1.32. The van der Waals surface area contributed by atoms with Gasteiger partial charge in [-0.2, -0.15) is 0 Å². The lowest BCUT2D eigenvalue weighted by atomic mass is 10.0. The zero-order valence-corrected chi connectivity index (χ0v) is 23.2. The highest BCUT2D eigenvalue weighted by Crippen LogP contribution is 2.31. The lowest BCUT2D eigenvalue weighted by molar-refractivity contribution is -0.135. The van der Waals surface area contributed by atoms with E-state index in [9.17, 15) is 9.59 Å². The minimum absolute atomic E-state index is 0.0667. The lowest BCUT2D eigenvalue weighted by Gasteiger charge is -2.36. The van der Waals surface area contributed by atoms with E-state index in [0.717, 1.165) is 50.0 Å². The number of benzene rings is 1. The van der Waals surface area contributed by atoms with Crippen LogP contribution in [0.25, 0.3) is 22.7 Å². The van der Waals surface area contributed by atoms with E-state index in [2.05, 4.69) is 10.1 Å². The van der Waals surface area contributed by atoms with Gasteiger partial charge in [0.25, 0.3) is 5.91 Å². The van der Waals surface area contributed by atoms with Crippen LogP contribution in [0.15, 0.2) is 63.8 Å². The number of rotatable bonds is 9. The third-order valence-electron chi connectivity index (χ3n) is 6.70. The van der Waals surface area contributed by atoms with Crippen molar-refractivity contribution in [3.05, 3.63) is 64.2 Å². The molecule has 1 fully saturated rings. The monoisotopic (exact) mass is 549 g/mol. The van der Waals surface area contributed by atoms with E-state index in [1.54, 1.807) is 9.80 Å². The van der Waals surface area contributed by atoms with E-state index in [0.29, 0.717) is 28.0 Å². The Morgan fingerprint density at radius 2 is 1.92 bits per heavy atom. The van der Waals surface area contributed by atoms with Crippen LogP contribution in [0.4, 0.5) is 5.13 Å². The number of nitrogens with zero attached hydrogens (tertiary/aromatic N) is 5. The first kappa shape index (κ1) is 26.3. The predicted molar refractivity (Wildman–Crippen MR) is 152 cm³/mol. The molecule has 0 spiro atoms. The molecule has 0 N–H and O–H groups in total. The average Bonchev–Trinajstić information content (AvgIpc) is 3.73. The summed E-state index contributed by atoms with van der Waals surface area (Å²) < 4.78 is 5.60. The van der Waals surface area contributed by atoms with E-state index in [1.807, 2.05) is 73.4 Å². The summed E-state index contributed by atoms with van der Waals surface area (Å²) in [4.78, 5) is 37.3.